The number of rotatable bonds is 7. The number of hydrogen-bond acceptors (Lipinski definition) is 6. The zero-order chi connectivity index (χ0) is 26.0. The summed E-state index contributed by atoms with van der Waals surface area (Å²) in [5.41, 5.74) is 2.28. The summed E-state index contributed by atoms with van der Waals surface area (Å²) in [6.07, 6.45) is -0.263. The van der Waals surface area contributed by atoms with Crippen LogP contribution in [0.15, 0.2) is 82.2 Å². The van der Waals surface area contributed by atoms with Crippen molar-refractivity contribution < 1.29 is 19.1 Å². The highest BCUT2D eigenvalue weighted by atomic mass is 35.5. The van der Waals surface area contributed by atoms with Gasteiger partial charge in [0.05, 0.1) is 17.4 Å². The lowest BCUT2D eigenvalue weighted by Gasteiger charge is -2.16. The van der Waals surface area contributed by atoms with E-state index < -0.39 is 17.8 Å². The summed E-state index contributed by atoms with van der Waals surface area (Å²) >= 11 is 13.3. The van der Waals surface area contributed by atoms with Crippen LogP contribution in [0.4, 0.5) is 11.4 Å². The van der Waals surface area contributed by atoms with Gasteiger partial charge in [0.1, 0.15) is 10.6 Å². The normalized spacial score (nSPS) is 13.6. The smallest absolute Gasteiger partial charge is 0.338 e. The van der Waals surface area contributed by atoms with Crippen LogP contribution in [-0.2, 0) is 14.3 Å². The molecule has 0 spiro atoms. The largest absolute Gasteiger partial charge is 0.459 e. The number of anilines is 2. The van der Waals surface area contributed by atoms with E-state index in [-0.39, 0.29) is 16.7 Å². The molecule has 2 amide bonds. The topological polar surface area (TPSA) is 75.7 Å². The Morgan fingerprint density at radius 3 is 2.17 bits per heavy atom. The highest BCUT2D eigenvalue weighted by Crippen LogP contribution is 2.38. The molecule has 1 aliphatic rings. The first-order chi connectivity index (χ1) is 17.1. The molecule has 9 heteroatoms. The number of ether oxygens (including phenoxy) is 1. The summed E-state index contributed by atoms with van der Waals surface area (Å²) in [5, 5.41) is 4.27. The lowest BCUT2D eigenvalue weighted by Crippen LogP contribution is -2.32. The zero-order valence-corrected chi connectivity index (χ0v) is 22.0. The fourth-order valence-corrected chi connectivity index (χ4v) is 4.78. The van der Waals surface area contributed by atoms with Gasteiger partial charge in [0.2, 0.25) is 0 Å². The molecule has 0 bridgehead atoms. The molecule has 0 saturated heterocycles. The average Bonchev–Trinajstić information content (AvgIpc) is 3.05. The Balaban J connectivity index is 1.69. The van der Waals surface area contributed by atoms with Crippen LogP contribution in [0.3, 0.4) is 0 Å². The Kier molecular flexibility index (Phi) is 7.73. The van der Waals surface area contributed by atoms with Crippen molar-refractivity contribution in [3.05, 3.63) is 98.5 Å². The van der Waals surface area contributed by atoms with E-state index in [0.717, 1.165) is 15.4 Å². The molecule has 3 aromatic carbocycles. The van der Waals surface area contributed by atoms with Crippen LogP contribution in [-0.4, -0.2) is 23.9 Å². The Labute approximate surface area is 223 Å². The molecule has 0 aromatic heterocycles. The quantitative estimate of drug-likeness (QED) is 0.260. The number of benzene rings is 3. The first-order valence-electron chi connectivity index (χ1n) is 11.0. The van der Waals surface area contributed by atoms with Gasteiger partial charge in [-0.25, -0.2) is 9.69 Å². The van der Waals surface area contributed by atoms with Crippen LogP contribution < -0.4 is 10.2 Å². The van der Waals surface area contributed by atoms with Crippen LogP contribution >= 0.6 is 35.0 Å². The minimum absolute atomic E-state index is 0.147. The monoisotopic (exact) mass is 540 g/mol. The van der Waals surface area contributed by atoms with Gasteiger partial charge in [-0.05, 0) is 93.1 Å². The third kappa shape index (κ3) is 5.59. The highest BCUT2D eigenvalue weighted by Gasteiger charge is 2.40. The summed E-state index contributed by atoms with van der Waals surface area (Å²) in [4.78, 5) is 41.4. The summed E-state index contributed by atoms with van der Waals surface area (Å²) in [6.45, 7) is 5.38. The number of amides is 2. The first kappa shape index (κ1) is 25.8. The molecule has 0 aliphatic carbocycles. The van der Waals surface area contributed by atoms with E-state index in [1.807, 2.05) is 6.92 Å². The van der Waals surface area contributed by atoms with Crippen LogP contribution in [0.5, 0.6) is 0 Å². The number of esters is 1. The van der Waals surface area contributed by atoms with Crippen molar-refractivity contribution >= 4 is 64.1 Å². The molecule has 3 aromatic rings. The lowest BCUT2D eigenvalue weighted by atomic mass is 10.2. The predicted octanol–water partition coefficient (Wildman–Crippen LogP) is 6.86. The first-order valence-corrected chi connectivity index (χ1v) is 12.6. The van der Waals surface area contributed by atoms with E-state index in [9.17, 15) is 14.4 Å². The maximum atomic E-state index is 13.6. The second-order valence-electron chi connectivity index (χ2n) is 8.29. The number of nitrogens with one attached hydrogen (secondary N) is 1. The molecular weight excluding hydrogens is 519 g/mol. The van der Waals surface area contributed by atoms with Gasteiger partial charge >= 0.3 is 5.97 Å². The molecule has 0 saturated carbocycles. The number of hydrogen-bond donors (Lipinski definition) is 1. The number of halogens is 2. The van der Waals surface area contributed by atoms with Crippen LogP contribution in [0.2, 0.25) is 10.0 Å². The fourth-order valence-electron chi connectivity index (χ4n) is 3.50. The molecule has 0 unspecified atom stereocenters. The number of thioether (sulfide) groups is 1. The van der Waals surface area contributed by atoms with Crippen molar-refractivity contribution in [3.63, 3.8) is 0 Å². The van der Waals surface area contributed by atoms with Gasteiger partial charge < -0.3 is 10.1 Å². The molecule has 1 heterocycles. The van der Waals surface area contributed by atoms with Gasteiger partial charge in [-0.2, -0.15) is 0 Å². The average molecular weight is 541 g/mol. The van der Waals surface area contributed by atoms with Crippen molar-refractivity contribution in [2.24, 2.45) is 0 Å². The number of aryl methyl sites for hydroxylation is 1. The molecule has 36 heavy (non-hydrogen) atoms. The van der Waals surface area contributed by atoms with Gasteiger partial charge in [-0.1, -0.05) is 35.0 Å². The van der Waals surface area contributed by atoms with Crippen molar-refractivity contribution in [1.82, 2.24) is 0 Å². The van der Waals surface area contributed by atoms with Crippen LogP contribution in [0.1, 0.15) is 29.8 Å². The molecule has 1 N–H and O–H groups in total. The minimum atomic E-state index is -0.511. The number of carbonyl (C=O) groups excluding carboxylic acids is 3. The molecular formula is C27H22Cl2N2O4S. The minimum Gasteiger partial charge on any atom is -0.459 e. The predicted molar refractivity (Wildman–Crippen MR) is 144 cm³/mol. The third-order valence-electron chi connectivity index (χ3n) is 5.23. The molecule has 4 rings (SSSR count). The van der Waals surface area contributed by atoms with E-state index in [2.05, 4.69) is 5.32 Å². The number of imide groups is 1. The van der Waals surface area contributed by atoms with Crippen LogP contribution in [0.25, 0.3) is 0 Å². The SMILES string of the molecule is Cc1cc(Cl)ccc1NC1=C(Sc2ccc(Cl)cc2)C(=O)N(c2ccc(C(=O)OC(C)C)cc2)C1=O. The van der Waals surface area contributed by atoms with E-state index in [1.54, 1.807) is 68.4 Å². The summed E-state index contributed by atoms with van der Waals surface area (Å²) < 4.78 is 5.21. The molecule has 6 nitrogen and oxygen atoms in total. The van der Waals surface area contributed by atoms with Gasteiger partial charge in [0, 0.05) is 20.6 Å². The van der Waals surface area contributed by atoms with Gasteiger partial charge in [-0.15, -0.1) is 0 Å². The third-order valence-corrected chi connectivity index (χ3v) is 6.80. The van der Waals surface area contributed by atoms with Crippen molar-refractivity contribution in [2.45, 2.75) is 31.8 Å². The van der Waals surface area contributed by atoms with Gasteiger partial charge in [0.15, 0.2) is 0 Å². The second kappa shape index (κ2) is 10.8. The fraction of sp³-hybridized carbons (Fsp3) is 0.148. The molecule has 0 fully saturated rings. The number of carbonyl (C=O) groups is 3. The Bertz CT molecular complexity index is 1370. The molecule has 0 radical (unpaired) electrons. The van der Waals surface area contributed by atoms with Crippen molar-refractivity contribution in [2.75, 3.05) is 10.2 Å². The van der Waals surface area contributed by atoms with E-state index in [0.29, 0.717) is 27.0 Å². The molecule has 184 valence electrons. The van der Waals surface area contributed by atoms with E-state index in [4.69, 9.17) is 27.9 Å². The second-order valence-corrected chi connectivity index (χ2v) is 10.2. The Hall–Kier alpha value is -3.26. The van der Waals surface area contributed by atoms with Gasteiger partial charge in [-0.3, -0.25) is 9.59 Å². The maximum Gasteiger partial charge on any atom is 0.338 e. The Morgan fingerprint density at radius 1 is 0.917 bits per heavy atom. The van der Waals surface area contributed by atoms with Crippen molar-refractivity contribution in [3.8, 4) is 0 Å². The summed E-state index contributed by atoms with van der Waals surface area (Å²) in [7, 11) is 0. The molecule has 1 aliphatic heterocycles. The highest BCUT2D eigenvalue weighted by molar-refractivity contribution is 8.04. The standard InChI is InChI=1S/C27H22Cl2N2O4S/c1-15(2)35-27(34)17-4-9-20(10-5-17)31-25(32)23(30-22-13-8-19(29)14-16(22)3)24(26(31)33)36-21-11-6-18(28)7-12-21/h4-15,30H,1-3H3. The van der Waals surface area contributed by atoms with Crippen LogP contribution in [0, 0.1) is 6.92 Å². The zero-order valence-electron chi connectivity index (χ0n) is 19.7. The lowest BCUT2D eigenvalue weighted by molar-refractivity contribution is -0.120. The van der Waals surface area contributed by atoms with E-state index in [1.165, 1.54) is 23.9 Å². The number of nitrogens with zero attached hydrogens (tertiary/aromatic N) is 1. The summed E-state index contributed by atoms with van der Waals surface area (Å²) in [6, 6.07) is 18.4. The van der Waals surface area contributed by atoms with Gasteiger partial charge in [0.25, 0.3) is 11.8 Å². The molecule has 0 atom stereocenters. The maximum absolute atomic E-state index is 13.6. The van der Waals surface area contributed by atoms with E-state index >= 15 is 0 Å². The summed E-state index contributed by atoms with van der Waals surface area (Å²) in [5.74, 6) is -1.47. The van der Waals surface area contributed by atoms with Crippen molar-refractivity contribution in [1.29, 1.82) is 0 Å². The Morgan fingerprint density at radius 2 is 1.56 bits per heavy atom.